The highest BCUT2D eigenvalue weighted by molar-refractivity contribution is 6.33. The monoisotopic (exact) mass is 264 g/mol. The molecule has 0 saturated carbocycles. The van der Waals surface area contributed by atoms with E-state index in [0.29, 0.717) is 17.4 Å². The van der Waals surface area contributed by atoms with Gasteiger partial charge in [0.1, 0.15) is 17.5 Å². The van der Waals surface area contributed by atoms with Crippen molar-refractivity contribution in [1.82, 2.24) is 14.9 Å². The Kier molecular flexibility index (Phi) is 3.78. The average molecular weight is 265 g/mol. The van der Waals surface area contributed by atoms with Crippen LogP contribution in [-0.4, -0.2) is 47.2 Å². The van der Waals surface area contributed by atoms with Gasteiger partial charge in [0, 0.05) is 19.6 Å². The smallest absolute Gasteiger partial charge is 0.224 e. The molecule has 0 atom stereocenters. The summed E-state index contributed by atoms with van der Waals surface area (Å²) < 4.78 is 12.0. The van der Waals surface area contributed by atoms with Gasteiger partial charge >= 0.3 is 0 Å². The zero-order chi connectivity index (χ0) is 11.5. The van der Waals surface area contributed by atoms with Crippen LogP contribution in [0.1, 0.15) is 0 Å². The van der Waals surface area contributed by atoms with Crippen LogP contribution in [-0.2, 0) is 0 Å². The largest absolute Gasteiger partial charge is 0.363 e. The van der Waals surface area contributed by atoms with E-state index in [1.807, 2.05) is 4.90 Å². The molecule has 0 spiro atoms. The molecule has 0 unspecified atom stereocenters. The quantitative estimate of drug-likeness (QED) is 0.843. The standard InChI is InChI=1S/C9H11Cl2FN4/c10-7-3-13-9(11)15-8(7)14-6-4-16(5-6)2-1-12/h3,6H,1-2,4-5H2,(H,13,14,15). The average Bonchev–Trinajstić information content (AvgIpc) is 2.20. The van der Waals surface area contributed by atoms with Crippen LogP contribution in [0, 0.1) is 0 Å². The number of anilines is 1. The van der Waals surface area contributed by atoms with Gasteiger partial charge in [0.2, 0.25) is 5.28 Å². The van der Waals surface area contributed by atoms with Crippen molar-refractivity contribution in [3.05, 3.63) is 16.5 Å². The van der Waals surface area contributed by atoms with Crippen molar-refractivity contribution in [2.45, 2.75) is 6.04 Å². The van der Waals surface area contributed by atoms with E-state index in [2.05, 4.69) is 15.3 Å². The number of hydrogen-bond donors (Lipinski definition) is 1. The summed E-state index contributed by atoms with van der Waals surface area (Å²) in [4.78, 5) is 9.75. The van der Waals surface area contributed by atoms with Crippen LogP contribution in [0.4, 0.5) is 10.2 Å². The molecule has 1 aromatic rings. The second-order valence-corrected chi connectivity index (χ2v) is 4.37. The molecule has 1 N–H and O–H groups in total. The van der Waals surface area contributed by atoms with E-state index in [1.165, 1.54) is 6.20 Å². The lowest BCUT2D eigenvalue weighted by Gasteiger charge is -2.39. The minimum absolute atomic E-state index is 0.159. The molecule has 0 amide bonds. The molecule has 2 rings (SSSR count). The van der Waals surface area contributed by atoms with Gasteiger partial charge in [0.05, 0.1) is 12.2 Å². The fourth-order valence-corrected chi connectivity index (χ4v) is 1.88. The second kappa shape index (κ2) is 5.12. The van der Waals surface area contributed by atoms with E-state index in [1.54, 1.807) is 0 Å². The van der Waals surface area contributed by atoms with E-state index in [4.69, 9.17) is 23.2 Å². The molecule has 0 radical (unpaired) electrons. The van der Waals surface area contributed by atoms with Crippen LogP contribution in [0.25, 0.3) is 0 Å². The number of aromatic nitrogens is 2. The maximum absolute atomic E-state index is 12.0. The number of nitrogens with one attached hydrogen (secondary N) is 1. The van der Waals surface area contributed by atoms with Crippen molar-refractivity contribution in [3.63, 3.8) is 0 Å². The molecule has 0 bridgehead atoms. The van der Waals surface area contributed by atoms with Crippen molar-refractivity contribution >= 4 is 29.0 Å². The van der Waals surface area contributed by atoms with Crippen molar-refractivity contribution in [2.75, 3.05) is 31.6 Å². The summed E-state index contributed by atoms with van der Waals surface area (Å²) in [6, 6.07) is 0.245. The van der Waals surface area contributed by atoms with Gasteiger partial charge in [-0.05, 0) is 11.6 Å². The van der Waals surface area contributed by atoms with Crippen molar-refractivity contribution < 1.29 is 4.39 Å². The van der Waals surface area contributed by atoms with E-state index < -0.39 is 0 Å². The molecule has 4 nitrogen and oxygen atoms in total. The first-order valence-electron chi connectivity index (χ1n) is 4.92. The Bertz CT molecular complexity index is 371. The first-order chi connectivity index (χ1) is 7.69. The van der Waals surface area contributed by atoms with Gasteiger partial charge in [-0.1, -0.05) is 11.6 Å². The molecule has 1 aliphatic heterocycles. The van der Waals surface area contributed by atoms with Gasteiger partial charge in [-0.3, -0.25) is 4.90 Å². The Balaban J connectivity index is 1.89. The van der Waals surface area contributed by atoms with Crippen molar-refractivity contribution in [1.29, 1.82) is 0 Å². The lowest BCUT2D eigenvalue weighted by Crippen LogP contribution is -2.55. The first kappa shape index (κ1) is 11.8. The highest BCUT2D eigenvalue weighted by atomic mass is 35.5. The minimum atomic E-state index is -0.313. The lowest BCUT2D eigenvalue weighted by atomic mass is 10.1. The van der Waals surface area contributed by atoms with E-state index in [9.17, 15) is 4.39 Å². The maximum atomic E-state index is 12.0. The molecule has 88 valence electrons. The predicted molar refractivity (Wildman–Crippen MR) is 61.9 cm³/mol. The Hall–Kier alpha value is -0.650. The zero-order valence-electron chi connectivity index (χ0n) is 8.46. The van der Waals surface area contributed by atoms with E-state index >= 15 is 0 Å². The van der Waals surface area contributed by atoms with Gasteiger partial charge in [-0.2, -0.15) is 4.98 Å². The van der Waals surface area contributed by atoms with Crippen molar-refractivity contribution in [2.24, 2.45) is 0 Å². The SMILES string of the molecule is FCCN1CC(Nc2nc(Cl)ncc2Cl)C1. The number of alkyl halides is 1. The molecule has 16 heavy (non-hydrogen) atoms. The first-order valence-corrected chi connectivity index (χ1v) is 5.67. The molecular formula is C9H11Cl2FN4. The Morgan fingerprint density at radius 1 is 1.50 bits per heavy atom. The van der Waals surface area contributed by atoms with Crippen LogP contribution in [0.15, 0.2) is 6.20 Å². The summed E-state index contributed by atoms with van der Waals surface area (Å²) >= 11 is 11.6. The number of halogens is 3. The number of nitrogens with zero attached hydrogens (tertiary/aromatic N) is 3. The molecular weight excluding hydrogens is 254 g/mol. The summed E-state index contributed by atoms with van der Waals surface area (Å²) in [6.45, 7) is 1.76. The van der Waals surface area contributed by atoms with Gasteiger partial charge in [0.25, 0.3) is 0 Å². The van der Waals surface area contributed by atoms with E-state index in [0.717, 1.165) is 13.1 Å². The fraction of sp³-hybridized carbons (Fsp3) is 0.556. The maximum Gasteiger partial charge on any atom is 0.224 e. The van der Waals surface area contributed by atoms with Crippen LogP contribution in [0.3, 0.4) is 0 Å². The fourth-order valence-electron chi connectivity index (χ4n) is 1.60. The molecule has 0 aromatic carbocycles. The Morgan fingerprint density at radius 2 is 2.25 bits per heavy atom. The van der Waals surface area contributed by atoms with Crippen LogP contribution in [0.5, 0.6) is 0 Å². The highest BCUT2D eigenvalue weighted by Gasteiger charge is 2.26. The summed E-state index contributed by atoms with van der Waals surface area (Å²) in [5.41, 5.74) is 0. The lowest BCUT2D eigenvalue weighted by molar-refractivity contribution is 0.149. The van der Waals surface area contributed by atoms with Gasteiger partial charge in [0.15, 0.2) is 0 Å². The van der Waals surface area contributed by atoms with Crippen LogP contribution in [0.2, 0.25) is 10.3 Å². The molecule has 1 aliphatic rings. The topological polar surface area (TPSA) is 41.0 Å². The number of likely N-dealkylation sites (tertiary alicyclic amines) is 1. The van der Waals surface area contributed by atoms with Gasteiger partial charge in [-0.15, -0.1) is 0 Å². The molecule has 1 aromatic heterocycles. The molecule has 1 fully saturated rings. The van der Waals surface area contributed by atoms with Crippen molar-refractivity contribution in [3.8, 4) is 0 Å². The molecule has 0 aliphatic carbocycles. The number of rotatable bonds is 4. The molecule has 1 saturated heterocycles. The summed E-state index contributed by atoms with van der Waals surface area (Å²) in [7, 11) is 0. The zero-order valence-corrected chi connectivity index (χ0v) is 9.97. The normalized spacial score (nSPS) is 17.2. The Morgan fingerprint density at radius 3 is 2.94 bits per heavy atom. The Labute approximate surface area is 103 Å². The summed E-state index contributed by atoms with van der Waals surface area (Å²) in [5, 5.41) is 3.74. The predicted octanol–water partition coefficient (Wildman–Crippen LogP) is 1.85. The van der Waals surface area contributed by atoms with Gasteiger partial charge in [-0.25, -0.2) is 9.37 Å². The van der Waals surface area contributed by atoms with Gasteiger partial charge < -0.3 is 5.32 Å². The number of hydrogen-bond acceptors (Lipinski definition) is 4. The second-order valence-electron chi connectivity index (χ2n) is 3.63. The van der Waals surface area contributed by atoms with E-state index in [-0.39, 0.29) is 18.0 Å². The minimum Gasteiger partial charge on any atom is -0.363 e. The molecule has 2 heterocycles. The van der Waals surface area contributed by atoms with Crippen LogP contribution >= 0.6 is 23.2 Å². The third kappa shape index (κ3) is 2.72. The summed E-state index contributed by atoms with van der Waals surface area (Å²) in [5.74, 6) is 0.534. The molecule has 7 heteroatoms. The highest BCUT2D eigenvalue weighted by Crippen LogP contribution is 2.22. The third-order valence-electron chi connectivity index (χ3n) is 2.41. The van der Waals surface area contributed by atoms with Crippen LogP contribution < -0.4 is 5.32 Å². The summed E-state index contributed by atoms with van der Waals surface area (Å²) in [6.07, 6.45) is 1.46. The third-order valence-corrected chi connectivity index (χ3v) is 2.87.